The van der Waals surface area contributed by atoms with Gasteiger partial charge in [-0.25, -0.2) is 0 Å². The van der Waals surface area contributed by atoms with Gasteiger partial charge in [-0.15, -0.1) is 0 Å². The molecule has 482 valence electrons. The van der Waals surface area contributed by atoms with Crippen LogP contribution in [-0.4, -0.2) is 194 Å². The van der Waals surface area contributed by atoms with Crippen molar-refractivity contribution < 1.29 is 89.1 Å². The second kappa shape index (κ2) is 45.3. The number of hydrogen-bond donors (Lipinski definition) is 12. The predicted molar refractivity (Wildman–Crippen MR) is 312 cm³/mol. The minimum atomic E-state index is -1.98. The number of ether oxygens (including phenoxy) is 6. The molecule has 20 heteroatoms. The van der Waals surface area contributed by atoms with Gasteiger partial charge in [0.1, 0.15) is 73.2 Å². The number of aliphatic hydroxyl groups is 10. The molecule has 3 aliphatic rings. The second-order valence-corrected chi connectivity index (χ2v) is 23.6. The summed E-state index contributed by atoms with van der Waals surface area (Å²) in [5.74, 6) is -0.941. The van der Waals surface area contributed by atoms with E-state index in [0.717, 1.165) is 51.9 Å². The average Bonchev–Trinajstić information content (AvgIpc) is 3.46. The van der Waals surface area contributed by atoms with Crippen molar-refractivity contribution in [3.63, 3.8) is 0 Å². The van der Waals surface area contributed by atoms with E-state index >= 15 is 0 Å². The molecule has 3 rings (SSSR count). The molecule has 0 radical (unpaired) electrons. The zero-order valence-electron chi connectivity index (χ0n) is 50.6. The molecule has 82 heavy (non-hydrogen) atoms. The number of carbonyl (C=O) groups is 2. The van der Waals surface area contributed by atoms with Gasteiger partial charge in [-0.3, -0.25) is 9.59 Å². The minimum Gasteiger partial charge on any atom is -0.394 e. The monoisotopic (exact) mass is 1180 g/mol. The van der Waals surface area contributed by atoms with Crippen molar-refractivity contribution >= 4 is 11.8 Å². The summed E-state index contributed by atoms with van der Waals surface area (Å²) in [4.78, 5) is 25.4. The normalized spacial score (nSPS) is 29.5. The van der Waals surface area contributed by atoms with Crippen LogP contribution in [0.5, 0.6) is 0 Å². The maximum Gasteiger partial charge on any atom is 0.220 e. The third kappa shape index (κ3) is 28.7. The Morgan fingerprint density at radius 1 is 0.476 bits per heavy atom. The zero-order chi connectivity index (χ0) is 59.9. The Labute approximate surface area is 491 Å². The van der Waals surface area contributed by atoms with Gasteiger partial charge in [0, 0.05) is 13.3 Å². The molecule has 3 aliphatic heterocycles. The fourth-order valence-electron chi connectivity index (χ4n) is 11.3. The number of carbonyl (C=O) groups excluding carboxylic acids is 2. The maximum absolute atomic E-state index is 13.4. The molecular weight excluding hydrogens is 1060 g/mol. The number of hydrogen-bond acceptors (Lipinski definition) is 18. The van der Waals surface area contributed by atoms with E-state index in [-0.39, 0.29) is 18.9 Å². The van der Waals surface area contributed by atoms with Gasteiger partial charge in [-0.1, -0.05) is 219 Å². The van der Waals surface area contributed by atoms with E-state index in [1.54, 1.807) is 6.08 Å². The third-order valence-corrected chi connectivity index (χ3v) is 16.5. The molecule has 0 aliphatic carbocycles. The summed E-state index contributed by atoms with van der Waals surface area (Å²) < 4.78 is 34.9. The largest absolute Gasteiger partial charge is 0.394 e. The molecule has 17 atom stereocenters. The van der Waals surface area contributed by atoms with E-state index in [1.807, 2.05) is 6.08 Å². The van der Waals surface area contributed by atoms with Gasteiger partial charge in [0.15, 0.2) is 18.9 Å². The summed E-state index contributed by atoms with van der Waals surface area (Å²) in [5.41, 5.74) is 0. The molecule has 0 aromatic carbocycles. The highest BCUT2D eigenvalue weighted by molar-refractivity contribution is 5.76. The van der Waals surface area contributed by atoms with Crippen molar-refractivity contribution in [1.29, 1.82) is 0 Å². The Balaban J connectivity index is 1.52. The lowest BCUT2D eigenvalue weighted by molar-refractivity contribution is -0.375. The van der Waals surface area contributed by atoms with Gasteiger partial charge in [0.2, 0.25) is 11.8 Å². The number of unbranched alkanes of at least 4 members (excludes halogenated alkanes) is 31. The molecule has 0 aromatic rings. The standard InChI is InChI=1S/C62H116N2O18/c1-4-6-8-10-12-14-16-18-19-20-21-22-23-24-25-27-29-31-33-35-37-39-50(70)64-45(46(69)38-36-34-32-30-28-26-17-15-13-11-9-7-5-2)43-77-61-56(75)55(74)58(49(42-67)80-61)81-62-57(76)59(53(72)48(41-66)79-62)82-60-51(63-44(3)68)54(73)52(71)47(40-65)78-60/h36,38,45-49,51-62,65-67,69,71-76H,4-35,37,39-43H2,1-3H3,(H,63,68)(H,64,70)/b38-36-/t45-,46+,47+,48+,49+,51+,52+,53-,54+,55+,56+,57+,58+,59-,60-,61+,62-/m0/s1. The molecule has 3 fully saturated rings. The van der Waals surface area contributed by atoms with Crippen molar-refractivity contribution in [3.05, 3.63) is 12.2 Å². The van der Waals surface area contributed by atoms with Crippen LogP contribution >= 0.6 is 0 Å². The van der Waals surface area contributed by atoms with Crippen LogP contribution in [0, 0.1) is 0 Å². The summed E-state index contributed by atoms with van der Waals surface area (Å²) in [7, 11) is 0. The molecule has 12 N–H and O–H groups in total. The molecule has 20 nitrogen and oxygen atoms in total. The highest BCUT2D eigenvalue weighted by Crippen LogP contribution is 2.33. The summed E-state index contributed by atoms with van der Waals surface area (Å²) in [5, 5.41) is 114. The minimum absolute atomic E-state index is 0.241. The highest BCUT2D eigenvalue weighted by atomic mass is 16.8. The number of rotatable bonds is 48. The van der Waals surface area contributed by atoms with Crippen molar-refractivity contribution in [2.45, 2.75) is 343 Å². The summed E-state index contributed by atoms with van der Waals surface area (Å²) in [6.07, 6.45) is 19.3. The Bertz CT molecular complexity index is 1620. The fraction of sp³-hybridized carbons (Fsp3) is 0.935. The van der Waals surface area contributed by atoms with Crippen molar-refractivity contribution in [2.24, 2.45) is 0 Å². The second-order valence-electron chi connectivity index (χ2n) is 23.6. The van der Waals surface area contributed by atoms with Crippen LogP contribution in [0.4, 0.5) is 0 Å². The molecule has 2 amide bonds. The molecule has 0 aromatic heterocycles. The summed E-state index contributed by atoms with van der Waals surface area (Å²) >= 11 is 0. The predicted octanol–water partition coefficient (Wildman–Crippen LogP) is 6.30. The first-order valence-corrected chi connectivity index (χ1v) is 32.4. The van der Waals surface area contributed by atoms with E-state index in [1.165, 1.54) is 161 Å². The Hall–Kier alpha value is -1.96. The van der Waals surface area contributed by atoms with Crippen LogP contribution in [0.3, 0.4) is 0 Å². The van der Waals surface area contributed by atoms with Crippen LogP contribution < -0.4 is 10.6 Å². The van der Waals surface area contributed by atoms with Crippen LogP contribution in [-0.2, 0) is 38.0 Å². The first-order chi connectivity index (χ1) is 39.7. The van der Waals surface area contributed by atoms with E-state index in [4.69, 9.17) is 28.4 Å². The van der Waals surface area contributed by atoms with Crippen LogP contribution in [0.15, 0.2) is 12.2 Å². The van der Waals surface area contributed by atoms with Gasteiger partial charge in [-0.2, -0.15) is 0 Å². The summed E-state index contributed by atoms with van der Waals surface area (Å²) in [6, 6.07) is -2.45. The number of allylic oxidation sites excluding steroid dienone is 1. The Morgan fingerprint density at radius 2 is 0.890 bits per heavy atom. The first kappa shape index (κ1) is 74.3. The molecular formula is C62H116N2O18. The van der Waals surface area contributed by atoms with Gasteiger partial charge in [0.05, 0.1) is 38.6 Å². The van der Waals surface area contributed by atoms with E-state index in [0.29, 0.717) is 6.42 Å². The average molecular weight is 1180 g/mol. The quantitative estimate of drug-likeness (QED) is 0.0235. The van der Waals surface area contributed by atoms with E-state index < -0.39 is 130 Å². The van der Waals surface area contributed by atoms with Crippen molar-refractivity contribution in [2.75, 3.05) is 26.4 Å². The lowest BCUT2D eigenvalue weighted by Crippen LogP contribution is -2.68. The lowest BCUT2D eigenvalue weighted by Gasteiger charge is -2.48. The van der Waals surface area contributed by atoms with Gasteiger partial charge in [-0.05, 0) is 19.3 Å². The fourth-order valence-corrected chi connectivity index (χ4v) is 11.3. The van der Waals surface area contributed by atoms with Gasteiger partial charge in [0.25, 0.3) is 0 Å². The molecule has 0 bridgehead atoms. The number of aliphatic hydroxyl groups excluding tert-OH is 10. The number of amides is 2. The Kier molecular flexibility index (Phi) is 41.1. The van der Waals surface area contributed by atoms with Crippen LogP contribution in [0.1, 0.15) is 239 Å². The molecule has 0 saturated carbocycles. The van der Waals surface area contributed by atoms with Crippen LogP contribution in [0.25, 0.3) is 0 Å². The molecule has 3 saturated heterocycles. The first-order valence-electron chi connectivity index (χ1n) is 32.4. The lowest BCUT2D eigenvalue weighted by atomic mass is 9.95. The molecule has 3 heterocycles. The van der Waals surface area contributed by atoms with Crippen LogP contribution in [0.2, 0.25) is 0 Å². The van der Waals surface area contributed by atoms with Gasteiger partial charge >= 0.3 is 0 Å². The van der Waals surface area contributed by atoms with Crippen molar-refractivity contribution in [3.8, 4) is 0 Å². The zero-order valence-corrected chi connectivity index (χ0v) is 50.6. The molecule has 0 spiro atoms. The summed E-state index contributed by atoms with van der Waals surface area (Å²) in [6.45, 7) is 2.81. The van der Waals surface area contributed by atoms with Crippen molar-refractivity contribution in [1.82, 2.24) is 10.6 Å². The Morgan fingerprint density at radius 3 is 1.35 bits per heavy atom. The third-order valence-electron chi connectivity index (χ3n) is 16.5. The SMILES string of the molecule is CCCCCCCCCCCCC/C=C\[C@@H](O)[C@H](CO[C@@H]1O[C@H](CO)[C@@H](O[C@@H]2O[C@H](CO)[C@H](O)[C@H](O[C@@H]3O[C@H](CO)[C@@H](O)[C@H](O)[C@H]3NC(C)=O)[C@H]2O)[C@H](O)[C@H]1O)NC(=O)CCCCCCCCCCCCCCCCCCCCCCC. The van der Waals surface area contributed by atoms with E-state index in [2.05, 4.69) is 24.5 Å². The van der Waals surface area contributed by atoms with E-state index in [9.17, 15) is 60.7 Å². The number of nitrogens with one attached hydrogen (secondary N) is 2. The molecule has 0 unspecified atom stereocenters. The smallest absolute Gasteiger partial charge is 0.220 e. The topological polar surface area (TPSA) is 316 Å². The van der Waals surface area contributed by atoms with Gasteiger partial charge < -0.3 is 90.1 Å². The maximum atomic E-state index is 13.4. The highest BCUT2D eigenvalue weighted by Gasteiger charge is 2.54.